The maximum Gasteiger partial charge on any atom is 0.332 e. The van der Waals surface area contributed by atoms with E-state index in [1.54, 1.807) is 14.0 Å². The third-order valence-electron chi connectivity index (χ3n) is 5.44. The zero-order valence-electron chi connectivity index (χ0n) is 18.0. The van der Waals surface area contributed by atoms with Gasteiger partial charge in [0.15, 0.2) is 0 Å². The number of benzene rings is 1. The van der Waals surface area contributed by atoms with Gasteiger partial charge in [0.2, 0.25) is 5.89 Å². The first-order valence-corrected chi connectivity index (χ1v) is 9.79. The second-order valence-electron chi connectivity index (χ2n) is 7.85. The molecule has 30 heavy (non-hydrogen) atoms. The number of rotatable bonds is 3. The smallest absolute Gasteiger partial charge is 0.332 e. The van der Waals surface area contributed by atoms with Crippen LogP contribution in [0.3, 0.4) is 0 Å². The van der Waals surface area contributed by atoms with Crippen LogP contribution in [0, 0.1) is 34.6 Å². The van der Waals surface area contributed by atoms with E-state index in [2.05, 4.69) is 9.97 Å². The molecule has 0 saturated heterocycles. The van der Waals surface area contributed by atoms with Gasteiger partial charge in [0.1, 0.15) is 17.1 Å². The number of pyridine rings is 1. The molecule has 0 atom stereocenters. The Balaban J connectivity index is 1.87. The SMILES string of the molecule is Cc1ccc(C)c(-c2nc(Cn3c(=O)c4c(C)cc(C)nc4n(C)c3=O)c(C)o2)c1. The highest BCUT2D eigenvalue weighted by atomic mass is 16.4. The molecule has 1 aromatic carbocycles. The average Bonchev–Trinajstić information content (AvgIpc) is 3.05. The van der Waals surface area contributed by atoms with Crippen molar-refractivity contribution >= 4 is 11.0 Å². The summed E-state index contributed by atoms with van der Waals surface area (Å²) in [5.41, 5.74) is 4.76. The molecule has 4 aromatic rings. The molecule has 7 heteroatoms. The van der Waals surface area contributed by atoms with E-state index in [4.69, 9.17) is 4.42 Å². The lowest BCUT2D eigenvalue weighted by atomic mass is 10.1. The summed E-state index contributed by atoms with van der Waals surface area (Å²) in [6.07, 6.45) is 0. The van der Waals surface area contributed by atoms with Crippen molar-refractivity contribution in [3.8, 4) is 11.5 Å². The van der Waals surface area contributed by atoms with Gasteiger partial charge in [0.05, 0.1) is 11.9 Å². The van der Waals surface area contributed by atoms with E-state index in [0.29, 0.717) is 28.4 Å². The van der Waals surface area contributed by atoms with Crippen molar-refractivity contribution in [2.75, 3.05) is 0 Å². The normalized spacial score (nSPS) is 11.4. The summed E-state index contributed by atoms with van der Waals surface area (Å²) in [5, 5.41) is 0.443. The molecule has 0 saturated carbocycles. The summed E-state index contributed by atoms with van der Waals surface area (Å²) in [7, 11) is 1.63. The summed E-state index contributed by atoms with van der Waals surface area (Å²) < 4.78 is 8.51. The molecule has 0 spiro atoms. The molecule has 0 radical (unpaired) electrons. The number of oxazole rings is 1. The van der Waals surface area contributed by atoms with Crippen LogP contribution < -0.4 is 11.2 Å². The molecule has 0 aliphatic rings. The molecule has 0 aliphatic carbocycles. The fourth-order valence-corrected chi connectivity index (χ4v) is 3.76. The number of hydrogen-bond donors (Lipinski definition) is 0. The van der Waals surface area contributed by atoms with Crippen molar-refractivity contribution in [1.29, 1.82) is 0 Å². The Morgan fingerprint density at radius 2 is 1.70 bits per heavy atom. The van der Waals surface area contributed by atoms with Gasteiger partial charge in [-0.3, -0.25) is 13.9 Å². The summed E-state index contributed by atoms with van der Waals surface area (Å²) in [6, 6.07) is 7.92. The monoisotopic (exact) mass is 404 g/mol. The molecule has 0 amide bonds. The predicted octanol–water partition coefficient (Wildman–Crippen LogP) is 3.34. The largest absolute Gasteiger partial charge is 0.441 e. The standard InChI is InChI=1S/C23H24N4O3/c1-12-7-8-13(2)17(9-12)21-25-18(16(5)30-21)11-27-22(28)19-14(3)10-15(4)24-20(19)26(6)23(27)29/h7-10H,11H2,1-6H3. The van der Waals surface area contributed by atoms with Crippen LogP contribution in [0.15, 0.2) is 38.3 Å². The molecule has 0 fully saturated rings. The van der Waals surface area contributed by atoms with Gasteiger partial charge in [0, 0.05) is 18.3 Å². The van der Waals surface area contributed by atoms with Crippen molar-refractivity contribution in [3.05, 3.63) is 78.9 Å². The lowest BCUT2D eigenvalue weighted by molar-refractivity contribution is 0.535. The Bertz CT molecular complexity index is 1420. The van der Waals surface area contributed by atoms with Crippen molar-refractivity contribution in [2.24, 2.45) is 7.05 Å². The maximum absolute atomic E-state index is 13.2. The van der Waals surface area contributed by atoms with Crippen LogP contribution >= 0.6 is 0 Å². The minimum atomic E-state index is -0.430. The molecular formula is C23H24N4O3. The first-order valence-electron chi connectivity index (χ1n) is 9.79. The van der Waals surface area contributed by atoms with E-state index >= 15 is 0 Å². The van der Waals surface area contributed by atoms with E-state index in [9.17, 15) is 9.59 Å². The van der Waals surface area contributed by atoms with E-state index in [1.165, 1.54) is 9.13 Å². The maximum atomic E-state index is 13.2. The van der Waals surface area contributed by atoms with Gasteiger partial charge < -0.3 is 4.42 Å². The molecule has 4 rings (SSSR count). The third kappa shape index (κ3) is 3.16. The van der Waals surface area contributed by atoms with Gasteiger partial charge in [-0.15, -0.1) is 0 Å². The molecule has 3 aromatic heterocycles. The van der Waals surface area contributed by atoms with Crippen molar-refractivity contribution in [1.82, 2.24) is 19.1 Å². The molecule has 0 aliphatic heterocycles. The Morgan fingerprint density at radius 1 is 0.967 bits per heavy atom. The molecule has 0 unspecified atom stereocenters. The topological polar surface area (TPSA) is 82.9 Å². The number of nitrogens with zero attached hydrogens (tertiary/aromatic N) is 4. The van der Waals surface area contributed by atoms with Crippen molar-refractivity contribution < 1.29 is 4.42 Å². The second kappa shape index (κ2) is 7.09. The van der Waals surface area contributed by atoms with Gasteiger partial charge in [-0.25, -0.2) is 14.8 Å². The van der Waals surface area contributed by atoms with Crippen LogP contribution in [-0.2, 0) is 13.6 Å². The summed E-state index contributed by atoms with van der Waals surface area (Å²) in [5.74, 6) is 1.07. The number of aryl methyl sites for hydroxylation is 6. The van der Waals surface area contributed by atoms with Crippen LogP contribution in [0.4, 0.5) is 0 Å². The zero-order valence-corrected chi connectivity index (χ0v) is 18.0. The molecular weight excluding hydrogens is 380 g/mol. The van der Waals surface area contributed by atoms with E-state index in [-0.39, 0.29) is 12.1 Å². The number of hydrogen-bond acceptors (Lipinski definition) is 5. The van der Waals surface area contributed by atoms with Crippen LogP contribution in [0.2, 0.25) is 0 Å². The molecule has 0 bridgehead atoms. The Kier molecular flexibility index (Phi) is 4.68. The van der Waals surface area contributed by atoms with Gasteiger partial charge in [0.25, 0.3) is 5.56 Å². The molecule has 3 heterocycles. The van der Waals surface area contributed by atoms with Crippen molar-refractivity contribution in [2.45, 2.75) is 41.2 Å². The Labute approximate surface area is 173 Å². The molecule has 7 nitrogen and oxygen atoms in total. The third-order valence-corrected chi connectivity index (χ3v) is 5.44. The summed E-state index contributed by atoms with van der Waals surface area (Å²) >= 11 is 0. The zero-order chi connectivity index (χ0) is 21.7. The predicted molar refractivity (Wildman–Crippen MR) is 116 cm³/mol. The van der Waals surface area contributed by atoms with Crippen LogP contribution in [0.1, 0.15) is 33.8 Å². The minimum absolute atomic E-state index is 0.0367. The average molecular weight is 404 g/mol. The van der Waals surface area contributed by atoms with E-state index in [1.807, 2.05) is 52.0 Å². The van der Waals surface area contributed by atoms with E-state index in [0.717, 1.165) is 27.9 Å². The van der Waals surface area contributed by atoms with Crippen LogP contribution in [-0.4, -0.2) is 19.1 Å². The minimum Gasteiger partial charge on any atom is -0.441 e. The highest BCUT2D eigenvalue weighted by Gasteiger charge is 2.19. The van der Waals surface area contributed by atoms with Crippen LogP contribution in [0.25, 0.3) is 22.5 Å². The fourth-order valence-electron chi connectivity index (χ4n) is 3.76. The number of aromatic nitrogens is 4. The fraction of sp³-hybridized carbons (Fsp3) is 0.304. The molecule has 154 valence electrons. The summed E-state index contributed by atoms with van der Waals surface area (Å²) in [6.45, 7) is 9.53. The first-order chi connectivity index (χ1) is 14.2. The number of fused-ring (bicyclic) bond motifs is 1. The van der Waals surface area contributed by atoms with Gasteiger partial charge in [-0.1, -0.05) is 17.7 Å². The Hall–Kier alpha value is -3.48. The second-order valence-corrected chi connectivity index (χ2v) is 7.85. The van der Waals surface area contributed by atoms with Gasteiger partial charge in [-0.2, -0.15) is 0 Å². The molecule has 0 N–H and O–H groups in total. The first kappa shape index (κ1) is 19.8. The Morgan fingerprint density at radius 3 is 2.43 bits per heavy atom. The van der Waals surface area contributed by atoms with Gasteiger partial charge in [-0.05, 0) is 57.9 Å². The van der Waals surface area contributed by atoms with Crippen molar-refractivity contribution in [3.63, 3.8) is 0 Å². The van der Waals surface area contributed by atoms with Gasteiger partial charge >= 0.3 is 5.69 Å². The lowest BCUT2D eigenvalue weighted by Gasteiger charge is -2.11. The van der Waals surface area contributed by atoms with Crippen LogP contribution in [0.5, 0.6) is 0 Å². The van der Waals surface area contributed by atoms with E-state index < -0.39 is 5.69 Å². The highest BCUT2D eigenvalue weighted by Crippen LogP contribution is 2.26. The quantitative estimate of drug-likeness (QED) is 0.523. The highest BCUT2D eigenvalue weighted by molar-refractivity contribution is 5.78. The summed E-state index contributed by atoms with van der Waals surface area (Å²) in [4.78, 5) is 35.1. The lowest BCUT2D eigenvalue weighted by Crippen LogP contribution is -2.40.